The average Bonchev–Trinajstić information content (AvgIpc) is 2.38. The summed E-state index contributed by atoms with van der Waals surface area (Å²) in [5.74, 6) is 0. The fourth-order valence-corrected chi connectivity index (χ4v) is 3.02. The molecule has 1 unspecified atom stereocenters. The molecule has 1 heterocycles. The van der Waals surface area contributed by atoms with E-state index in [-0.39, 0.29) is 5.56 Å². The van der Waals surface area contributed by atoms with Crippen molar-refractivity contribution < 1.29 is 13.2 Å². The van der Waals surface area contributed by atoms with Crippen molar-refractivity contribution in [2.75, 3.05) is 0 Å². The van der Waals surface area contributed by atoms with E-state index in [1.54, 1.807) is 30.6 Å². The van der Waals surface area contributed by atoms with Crippen LogP contribution in [0.2, 0.25) is 0 Å². The van der Waals surface area contributed by atoms with Gasteiger partial charge in [-0.3, -0.25) is 4.98 Å². The number of nitrogens with zero attached hydrogens (tertiary/aromatic N) is 1. The first-order valence-electron chi connectivity index (χ1n) is 5.77. The molecule has 0 amide bonds. The van der Waals surface area contributed by atoms with Crippen molar-refractivity contribution in [3.8, 4) is 0 Å². The first kappa shape index (κ1) is 15.5. The van der Waals surface area contributed by atoms with Crippen molar-refractivity contribution in [3.05, 3.63) is 63.9 Å². The van der Waals surface area contributed by atoms with Crippen molar-refractivity contribution >= 4 is 31.9 Å². The normalized spacial score (nSPS) is 13.2. The summed E-state index contributed by atoms with van der Waals surface area (Å²) < 4.78 is 39.6. The molecule has 0 radical (unpaired) electrons. The van der Waals surface area contributed by atoms with E-state index in [2.05, 4.69) is 36.8 Å². The van der Waals surface area contributed by atoms with Gasteiger partial charge in [0.05, 0.1) is 5.56 Å². The van der Waals surface area contributed by atoms with Gasteiger partial charge in [-0.1, -0.05) is 37.9 Å². The zero-order chi connectivity index (χ0) is 14.8. The second-order valence-electron chi connectivity index (χ2n) is 4.26. The van der Waals surface area contributed by atoms with Gasteiger partial charge in [0.15, 0.2) is 0 Å². The molecule has 1 aromatic carbocycles. The van der Waals surface area contributed by atoms with E-state index in [1.165, 1.54) is 6.07 Å². The Balaban J connectivity index is 2.32. The second kappa shape index (κ2) is 6.26. The van der Waals surface area contributed by atoms with Crippen LogP contribution in [0.4, 0.5) is 13.2 Å². The number of rotatable bonds is 3. The van der Waals surface area contributed by atoms with Gasteiger partial charge in [-0.05, 0) is 41.8 Å². The predicted molar refractivity (Wildman–Crippen MR) is 78.8 cm³/mol. The topological polar surface area (TPSA) is 12.9 Å². The smallest absolute Gasteiger partial charge is 0.265 e. The molecule has 0 fully saturated rings. The molecular weight excluding hydrogens is 399 g/mol. The lowest BCUT2D eigenvalue weighted by Crippen LogP contribution is -2.11. The highest BCUT2D eigenvalue weighted by molar-refractivity contribution is 9.10. The molecule has 106 valence electrons. The fraction of sp³-hybridized carbons (Fsp3) is 0.214. The highest BCUT2D eigenvalue weighted by atomic mass is 79.9. The number of halogens is 5. The molecule has 0 spiro atoms. The minimum Gasteiger partial charge on any atom is -0.265 e. The molecule has 20 heavy (non-hydrogen) atoms. The SMILES string of the molecule is FC(F)(F)c1cc(Br)ccc1C(Br)Cc1ccncc1. The molecule has 2 rings (SSSR count). The quantitative estimate of drug-likeness (QED) is 0.607. The van der Waals surface area contributed by atoms with Gasteiger partial charge < -0.3 is 0 Å². The Hall–Kier alpha value is -0.880. The maximum atomic E-state index is 13.1. The molecule has 0 aliphatic carbocycles. The summed E-state index contributed by atoms with van der Waals surface area (Å²) in [6, 6.07) is 7.80. The monoisotopic (exact) mass is 407 g/mol. The van der Waals surface area contributed by atoms with Gasteiger partial charge in [0.2, 0.25) is 0 Å². The molecule has 0 saturated heterocycles. The lowest BCUT2D eigenvalue weighted by atomic mass is 10.00. The fourth-order valence-electron chi connectivity index (χ4n) is 1.88. The van der Waals surface area contributed by atoms with Gasteiger partial charge >= 0.3 is 6.18 Å². The van der Waals surface area contributed by atoms with Gasteiger partial charge in [-0.15, -0.1) is 0 Å². The largest absolute Gasteiger partial charge is 0.416 e. The summed E-state index contributed by atoms with van der Waals surface area (Å²) in [5, 5.41) is 0. The van der Waals surface area contributed by atoms with Crippen LogP contribution in [0.15, 0.2) is 47.2 Å². The van der Waals surface area contributed by atoms with E-state index >= 15 is 0 Å². The highest BCUT2D eigenvalue weighted by Crippen LogP contribution is 2.39. The van der Waals surface area contributed by atoms with Crippen LogP contribution in [-0.2, 0) is 12.6 Å². The number of aromatic nitrogens is 1. The Labute approximate surface area is 131 Å². The van der Waals surface area contributed by atoms with Crippen molar-refractivity contribution in [1.29, 1.82) is 0 Å². The second-order valence-corrected chi connectivity index (χ2v) is 6.28. The summed E-state index contributed by atoms with van der Waals surface area (Å²) in [7, 11) is 0. The van der Waals surface area contributed by atoms with Crippen molar-refractivity contribution in [1.82, 2.24) is 4.98 Å². The summed E-state index contributed by atoms with van der Waals surface area (Å²) in [5.41, 5.74) is 0.540. The van der Waals surface area contributed by atoms with Crippen molar-refractivity contribution in [2.24, 2.45) is 0 Å². The van der Waals surface area contributed by atoms with Crippen molar-refractivity contribution in [3.63, 3.8) is 0 Å². The van der Waals surface area contributed by atoms with Crippen LogP contribution in [0.3, 0.4) is 0 Å². The van der Waals surface area contributed by atoms with Gasteiger partial charge in [-0.2, -0.15) is 13.2 Å². The van der Waals surface area contributed by atoms with E-state index in [9.17, 15) is 13.2 Å². The van der Waals surface area contributed by atoms with E-state index in [4.69, 9.17) is 0 Å². The Bertz CT molecular complexity index is 585. The van der Waals surface area contributed by atoms with E-state index in [0.717, 1.165) is 11.6 Å². The third-order valence-electron chi connectivity index (χ3n) is 2.82. The lowest BCUT2D eigenvalue weighted by molar-refractivity contribution is -0.138. The predicted octanol–water partition coefficient (Wildman–Crippen LogP) is 5.54. The molecular formula is C14H10Br2F3N. The summed E-state index contributed by atoms with van der Waals surface area (Å²) in [6.07, 6.45) is -0.654. The van der Waals surface area contributed by atoms with Crippen LogP contribution in [0.5, 0.6) is 0 Å². The van der Waals surface area contributed by atoms with Crippen LogP contribution >= 0.6 is 31.9 Å². The molecule has 1 aromatic heterocycles. The van der Waals surface area contributed by atoms with Crippen LogP contribution < -0.4 is 0 Å². The Kier molecular flexibility index (Phi) is 4.86. The summed E-state index contributed by atoms with van der Waals surface area (Å²) >= 11 is 6.44. The first-order chi connectivity index (χ1) is 9.38. The third-order valence-corrected chi connectivity index (χ3v) is 4.13. The minimum atomic E-state index is -4.37. The number of hydrogen-bond acceptors (Lipinski definition) is 1. The van der Waals surface area contributed by atoms with Gasteiger partial charge in [0.25, 0.3) is 0 Å². The van der Waals surface area contributed by atoms with E-state index < -0.39 is 16.6 Å². The molecule has 1 atom stereocenters. The lowest BCUT2D eigenvalue weighted by Gasteiger charge is -2.17. The van der Waals surface area contributed by atoms with Crippen LogP contribution in [0.25, 0.3) is 0 Å². The van der Waals surface area contributed by atoms with Gasteiger partial charge in [0, 0.05) is 21.7 Å². The summed E-state index contributed by atoms with van der Waals surface area (Å²) in [4.78, 5) is 3.48. The van der Waals surface area contributed by atoms with E-state index in [1.807, 2.05) is 0 Å². The standard InChI is InChI=1S/C14H10Br2F3N/c15-10-1-2-11(12(8-10)14(17,18)19)13(16)7-9-3-5-20-6-4-9/h1-6,8,13H,7H2. The molecule has 0 N–H and O–H groups in total. The number of pyridine rings is 1. The average molecular weight is 409 g/mol. The van der Waals surface area contributed by atoms with Crippen LogP contribution in [0.1, 0.15) is 21.5 Å². The Morgan fingerprint density at radius 1 is 1.10 bits per heavy atom. The zero-order valence-corrected chi connectivity index (χ0v) is 13.3. The van der Waals surface area contributed by atoms with Gasteiger partial charge in [0.1, 0.15) is 0 Å². The summed E-state index contributed by atoms with van der Waals surface area (Å²) in [6.45, 7) is 0. The highest BCUT2D eigenvalue weighted by Gasteiger charge is 2.35. The molecule has 0 bridgehead atoms. The van der Waals surface area contributed by atoms with E-state index in [0.29, 0.717) is 10.9 Å². The Morgan fingerprint density at radius 3 is 2.35 bits per heavy atom. The molecule has 0 aliphatic heterocycles. The Morgan fingerprint density at radius 2 is 1.75 bits per heavy atom. The molecule has 0 aliphatic rings. The number of benzene rings is 1. The number of hydrogen-bond donors (Lipinski definition) is 0. The van der Waals surface area contributed by atoms with Crippen molar-refractivity contribution in [2.45, 2.75) is 17.4 Å². The molecule has 2 aromatic rings. The van der Waals surface area contributed by atoms with Crippen LogP contribution in [-0.4, -0.2) is 4.98 Å². The maximum absolute atomic E-state index is 13.1. The zero-order valence-electron chi connectivity index (χ0n) is 10.2. The minimum absolute atomic E-state index is 0.234. The molecule has 1 nitrogen and oxygen atoms in total. The van der Waals surface area contributed by atoms with Gasteiger partial charge in [-0.25, -0.2) is 0 Å². The number of alkyl halides is 4. The molecule has 0 saturated carbocycles. The third kappa shape index (κ3) is 3.82. The first-order valence-corrected chi connectivity index (χ1v) is 7.48. The van der Waals surface area contributed by atoms with Crippen LogP contribution in [0, 0.1) is 0 Å². The maximum Gasteiger partial charge on any atom is 0.416 e. The molecule has 6 heteroatoms.